The summed E-state index contributed by atoms with van der Waals surface area (Å²) in [6.45, 7) is 1.95. The first-order chi connectivity index (χ1) is 15.1. The van der Waals surface area contributed by atoms with E-state index in [9.17, 15) is 14.7 Å². The molecule has 2 N–H and O–H groups in total. The van der Waals surface area contributed by atoms with E-state index in [2.05, 4.69) is 10.5 Å². The Morgan fingerprint density at radius 3 is 2.65 bits per heavy atom. The number of carbonyl (C=O) groups is 2. The number of phenols is 1. The summed E-state index contributed by atoms with van der Waals surface area (Å²) in [6.07, 6.45) is -0.665. The Bertz CT molecular complexity index is 1140. The van der Waals surface area contributed by atoms with Crippen molar-refractivity contribution in [1.82, 2.24) is 0 Å². The Balaban J connectivity index is 1.54. The number of hydrogen-bond donors (Lipinski definition) is 2. The molecule has 1 atom stereocenters. The van der Waals surface area contributed by atoms with E-state index in [1.165, 1.54) is 11.3 Å². The van der Waals surface area contributed by atoms with E-state index in [-0.39, 0.29) is 18.8 Å². The molecule has 8 heteroatoms. The van der Waals surface area contributed by atoms with Gasteiger partial charge in [0.15, 0.2) is 0 Å². The molecule has 0 unspecified atom stereocenters. The Kier molecular flexibility index (Phi) is 5.99. The minimum atomic E-state index is -0.869. The minimum Gasteiger partial charge on any atom is -0.507 e. The van der Waals surface area contributed by atoms with Crippen molar-refractivity contribution in [3.63, 3.8) is 0 Å². The number of oxime groups is 1. The van der Waals surface area contributed by atoms with Gasteiger partial charge in [0.2, 0.25) is 6.10 Å². The summed E-state index contributed by atoms with van der Waals surface area (Å²) in [5, 5.41) is 19.0. The molecule has 2 heterocycles. The van der Waals surface area contributed by atoms with Crippen molar-refractivity contribution in [3.8, 4) is 16.9 Å². The number of nitrogens with zero attached hydrogens (tertiary/aromatic N) is 1. The molecule has 31 heavy (non-hydrogen) atoms. The van der Waals surface area contributed by atoms with Gasteiger partial charge in [-0.25, -0.2) is 4.79 Å². The van der Waals surface area contributed by atoms with Gasteiger partial charge in [-0.05, 0) is 24.6 Å². The van der Waals surface area contributed by atoms with Gasteiger partial charge in [0.1, 0.15) is 16.3 Å². The van der Waals surface area contributed by atoms with E-state index in [1.807, 2.05) is 35.7 Å². The molecule has 4 rings (SSSR count). The molecule has 1 aliphatic rings. The van der Waals surface area contributed by atoms with Gasteiger partial charge in [-0.15, -0.1) is 11.3 Å². The molecule has 0 saturated heterocycles. The van der Waals surface area contributed by atoms with Crippen LogP contribution in [-0.2, 0) is 14.4 Å². The standard InChI is InChI=1S/C23H20N2O5S/c1-2-29-23(28)20-16(14-8-4-3-5-9-14)13-31-22(20)24-21(27)19-12-17(25-30-19)15-10-6-7-11-18(15)26/h3-11,13,19,26H,2,12H2,1H3,(H,24,27)/t19-/m1/s1. The largest absolute Gasteiger partial charge is 0.507 e. The lowest BCUT2D eigenvalue weighted by Crippen LogP contribution is -2.28. The van der Waals surface area contributed by atoms with Crippen LogP contribution >= 0.6 is 11.3 Å². The zero-order valence-electron chi connectivity index (χ0n) is 16.7. The van der Waals surface area contributed by atoms with Crippen molar-refractivity contribution in [1.29, 1.82) is 0 Å². The zero-order chi connectivity index (χ0) is 21.8. The number of aromatic hydroxyl groups is 1. The first-order valence-corrected chi connectivity index (χ1v) is 10.6. The maximum absolute atomic E-state index is 12.8. The van der Waals surface area contributed by atoms with E-state index in [4.69, 9.17) is 9.57 Å². The van der Waals surface area contributed by atoms with Crippen molar-refractivity contribution < 1.29 is 24.3 Å². The van der Waals surface area contributed by atoms with Crippen LogP contribution in [0.1, 0.15) is 29.3 Å². The quantitative estimate of drug-likeness (QED) is 0.557. The van der Waals surface area contributed by atoms with Crippen LogP contribution in [0.15, 0.2) is 65.1 Å². The average molecular weight is 436 g/mol. The molecule has 0 radical (unpaired) electrons. The summed E-state index contributed by atoms with van der Waals surface area (Å²) in [4.78, 5) is 30.8. The first-order valence-electron chi connectivity index (χ1n) is 9.74. The van der Waals surface area contributed by atoms with E-state index in [1.54, 1.807) is 31.2 Å². The zero-order valence-corrected chi connectivity index (χ0v) is 17.5. The molecule has 0 bridgehead atoms. The summed E-state index contributed by atoms with van der Waals surface area (Å²) in [5.41, 5.74) is 2.86. The lowest BCUT2D eigenvalue weighted by atomic mass is 10.0. The number of ether oxygens (including phenoxy) is 1. The normalized spacial score (nSPS) is 15.1. The number of phenolic OH excluding ortho intramolecular Hbond substituents is 1. The number of thiophene rings is 1. The molecule has 0 aliphatic carbocycles. The van der Waals surface area contributed by atoms with Gasteiger partial charge in [-0.3, -0.25) is 4.79 Å². The van der Waals surface area contributed by atoms with Gasteiger partial charge in [-0.2, -0.15) is 0 Å². The molecule has 158 valence electrons. The third kappa shape index (κ3) is 4.29. The number of rotatable bonds is 6. The van der Waals surface area contributed by atoms with Crippen molar-refractivity contribution in [2.45, 2.75) is 19.4 Å². The number of hydrogen-bond acceptors (Lipinski definition) is 7. The summed E-state index contributed by atoms with van der Waals surface area (Å²) in [6, 6.07) is 16.2. The predicted molar refractivity (Wildman–Crippen MR) is 118 cm³/mol. The number of amides is 1. The molecule has 1 amide bonds. The summed E-state index contributed by atoms with van der Waals surface area (Å²) >= 11 is 1.25. The highest BCUT2D eigenvalue weighted by Crippen LogP contribution is 2.36. The molecular weight excluding hydrogens is 416 g/mol. The number of anilines is 1. The molecular formula is C23H20N2O5S. The molecule has 0 fully saturated rings. The molecule has 7 nitrogen and oxygen atoms in total. The van der Waals surface area contributed by atoms with Crippen molar-refractivity contribution in [3.05, 3.63) is 71.1 Å². The highest BCUT2D eigenvalue weighted by molar-refractivity contribution is 7.15. The van der Waals surface area contributed by atoms with Crippen LogP contribution in [0, 0.1) is 0 Å². The molecule has 0 saturated carbocycles. The SMILES string of the molecule is CCOC(=O)c1c(-c2ccccc2)csc1NC(=O)[C@H]1CC(c2ccccc2O)=NO1. The van der Waals surface area contributed by atoms with Crippen molar-refractivity contribution in [2.24, 2.45) is 5.16 Å². The molecule has 1 aromatic heterocycles. The van der Waals surface area contributed by atoms with E-state index in [0.717, 1.165) is 5.56 Å². The highest BCUT2D eigenvalue weighted by atomic mass is 32.1. The predicted octanol–water partition coefficient (Wildman–Crippen LogP) is 4.43. The van der Waals surface area contributed by atoms with Crippen LogP contribution in [0.3, 0.4) is 0 Å². The van der Waals surface area contributed by atoms with Crippen LogP contribution < -0.4 is 5.32 Å². The maximum Gasteiger partial charge on any atom is 0.341 e. The van der Waals surface area contributed by atoms with E-state index >= 15 is 0 Å². The van der Waals surface area contributed by atoms with E-state index in [0.29, 0.717) is 27.4 Å². The van der Waals surface area contributed by atoms with Crippen LogP contribution in [0.5, 0.6) is 5.75 Å². The van der Waals surface area contributed by atoms with Gasteiger partial charge in [0.05, 0.1) is 12.3 Å². The number of esters is 1. The van der Waals surface area contributed by atoms with Gasteiger partial charge in [0, 0.05) is 22.9 Å². The summed E-state index contributed by atoms with van der Waals surface area (Å²) in [7, 11) is 0. The van der Waals surface area contributed by atoms with Gasteiger partial charge >= 0.3 is 5.97 Å². The number of nitrogens with one attached hydrogen (secondary N) is 1. The van der Waals surface area contributed by atoms with Gasteiger partial charge in [0.25, 0.3) is 5.91 Å². The second-order valence-corrected chi connectivity index (χ2v) is 7.66. The molecule has 3 aromatic rings. The maximum atomic E-state index is 12.8. The number of benzene rings is 2. The molecule has 0 spiro atoms. The van der Waals surface area contributed by atoms with Gasteiger partial charge in [-0.1, -0.05) is 47.6 Å². The van der Waals surface area contributed by atoms with Crippen LogP contribution in [0.4, 0.5) is 5.00 Å². The second kappa shape index (κ2) is 9.01. The minimum absolute atomic E-state index is 0.0706. The highest BCUT2D eigenvalue weighted by Gasteiger charge is 2.32. The van der Waals surface area contributed by atoms with E-state index < -0.39 is 18.0 Å². The monoisotopic (exact) mass is 436 g/mol. The Hall–Kier alpha value is -3.65. The first kappa shape index (κ1) is 20.6. The molecule has 1 aliphatic heterocycles. The van der Waals surface area contributed by atoms with Crippen LogP contribution in [0.25, 0.3) is 11.1 Å². The number of para-hydroxylation sites is 1. The smallest absolute Gasteiger partial charge is 0.341 e. The van der Waals surface area contributed by atoms with Crippen LogP contribution in [-0.4, -0.2) is 35.4 Å². The fraction of sp³-hybridized carbons (Fsp3) is 0.174. The van der Waals surface area contributed by atoms with Crippen molar-refractivity contribution >= 4 is 33.9 Å². The topological polar surface area (TPSA) is 97.2 Å². The Labute approximate surface area is 182 Å². The molecule has 2 aromatic carbocycles. The fourth-order valence-electron chi connectivity index (χ4n) is 3.27. The Morgan fingerprint density at radius 1 is 1.16 bits per heavy atom. The van der Waals surface area contributed by atoms with Crippen LogP contribution in [0.2, 0.25) is 0 Å². The summed E-state index contributed by atoms with van der Waals surface area (Å²) < 4.78 is 5.22. The third-order valence-electron chi connectivity index (χ3n) is 4.77. The fourth-order valence-corrected chi connectivity index (χ4v) is 4.23. The number of carbonyl (C=O) groups excluding carboxylic acids is 2. The third-order valence-corrected chi connectivity index (χ3v) is 5.66. The van der Waals surface area contributed by atoms with Gasteiger partial charge < -0.3 is 20.0 Å². The lowest BCUT2D eigenvalue weighted by Gasteiger charge is -2.11. The average Bonchev–Trinajstić information content (AvgIpc) is 3.42. The Morgan fingerprint density at radius 2 is 1.90 bits per heavy atom. The second-order valence-electron chi connectivity index (χ2n) is 6.78. The summed E-state index contributed by atoms with van der Waals surface area (Å²) in [5.74, 6) is -0.862. The van der Waals surface area contributed by atoms with Crippen molar-refractivity contribution in [2.75, 3.05) is 11.9 Å². The lowest BCUT2D eigenvalue weighted by molar-refractivity contribution is -0.125.